The summed E-state index contributed by atoms with van der Waals surface area (Å²) in [4.78, 5) is 41.6. The van der Waals surface area contributed by atoms with Gasteiger partial charge >= 0.3 is 5.97 Å². The molecule has 0 fully saturated rings. The highest BCUT2D eigenvalue weighted by Gasteiger charge is 2.18. The number of benzene rings is 2. The smallest absolute Gasteiger partial charge is 0.306 e. The second-order valence-electron chi connectivity index (χ2n) is 6.91. The highest BCUT2D eigenvalue weighted by molar-refractivity contribution is 5.83. The normalized spacial score (nSPS) is 11.7. The van der Waals surface area contributed by atoms with Crippen molar-refractivity contribution in [3.05, 3.63) is 64.6 Å². The van der Waals surface area contributed by atoms with Crippen molar-refractivity contribution in [1.82, 2.24) is 14.9 Å². The number of likely N-dealkylation sites (N-methyl/N-ethyl adjacent to an activating group) is 1. The average molecular weight is 423 g/mol. The van der Waals surface area contributed by atoms with Gasteiger partial charge < -0.3 is 14.8 Å². The molecule has 31 heavy (non-hydrogen) atoms. The van der Waals surface area contributed by atoms with Gasteiger partial charge in [0, 0.05) is 18.7 Å². The van der Waals surface area contributed by atoms with E-state index < -0.39 is 12.1 Å². The molecule has 0 radical (unpaired) electrons. The lowest BCUT2D eigenvalue weighted by Crippen LogP contribution is -2.35. The van der Waals surface area contributed by atoms with Crippen LogP contribution in [0, 0.1) is 0 Å². The van der Waals surface area contributed by atoms with E-state index in [-0.39, 0.29) is 30.0 Å². The summed E-state index contributed by atoms with van der Waals surface area (Å²) in [5.41, 5.74) is 1.90. The van der Waals surface area contributed by atoms with Crippen LogP contribution in [0.3, 0.4) is 0 Å². The Hall–Kier alpha value is -3.68. The van der Waals surface area contributed by atoms with E-state index in [0.717, 1.165) is 0 Å². The number of esters is 1. The van der Waals surface area contributed by atoms with Crippen molar-refractivity contribution in [2.75, 3.05) is 13.7 Å². The molecule has 1 aromatic heterocycles. The molecular formula is C23H25N3O5. The summed E-state index contributed by atoms with van der Waals surface area (Å²) < 4.78 is 11.9. The number of fused-ring (bicyclic) bond motifs is 1. The highest BCUT2D eigenvalue weighted by Crippen LogP contribution is 2.19. The molecule has 0 aliphatic heterocycles. The Bertz CT molecular complexity index is 1140. The summed E-state index contributed by atoms with van der Waals surface area (Å²) in [5, 5.41) is 2.60. The van der Waals surface area contributed by atoms with E-state index in [4.69, 9.17) is 9.47 Å². The van der Waals surface area contributed by atoms with Gasteiger partial charge in [-0.1, -0.05) is 12.1 Å². The Balaban J connectivity index is 1.88. The molecule has 3 aromatic rings. The van der Waals surface area contributed by atoms with Gasteiger partial charge in [-0.05, 0) is 50.2 Å². The number of amides is 1. The van der Waals surface area contributed by atoms with Crippen molar-refractivity contribution < 1.29 is 19.1 Å². The van der Waals surface area contributed by atoms with Gasteiger partial charge in [-0.15, -0.1) is 0 Å². The van der Waals surface area contributed by atoms with Crippen LogP contribution in [0.4, 0.5) is 0 Å². The summed E-state index contributed by atoms with van der Waals surface area (Å²) in [6, 6.07) is 14.4. The summed E-state index contributed by atoms with van der Waals surface area (Å²) >= 11 is 0. The molecule has 0 spiro atoms. The largest absolute Gasteiger partial charge is 0.497 e. The number of aromatic nitrogens is 2. The van der Waals surface area contributed by atoms with Crippen molar-refractivity contribution in [2.24, 2.45) is 0 Å². The van der Waals surface area contributed by atoms with Gasteiger partial charge in [0.25, 0.3) is 11.5 Å². The lowest BCUT2D eigenvalue weighted by Gasteiger charge is -2.14. The summed E-state index contributed by atoms with van der Waals surface area (Å²) in [6.45, 7) is 3.74. The molecule has 0 bridgehead atoms. The third-order valence-electron chi connectivity index (χ3n) is 4.75. The Morgan fingerprint density at radius 1 is 1.13 bits per heavy atom. The number of hydrogen-bond acceptors (Lipinski definition) is 6. The third kappa shape index (κ3) is 5.09. The molecule has 1 heterocycles. The number of carbonyl (C=O) groups is 2. The zero-order valence-electron chi connectivity index (χ0n) is 17.8. The van der Waals surface area contributed by atoms with Gasteiger partial charge in [-0.3, -0.25) is 19.0 Å². The quantitative estimate of drug-likeness (QED) is 0.559. The molecule has 0 unspecified atom stereocenters. The van der Waals surface area contributed by atoms with Gasteiger partial charge in [0.1, 0.15) is 11.4 Å². The number of nitrogens with zero attached hydrogens (tertiary/aromatic N) is 2. The van der Waals surface area contributed by atoms with Crippen LogP contribution in [0.5, 0.6) is 5.75 Å². The van der Waals surface area contributed by atoms with Gasteiger partial charge in [0.2, 0.25) is 0 Å². The molecule has 1 N–H and O–H groups in total. The van der Waals surface area contributed by atoms with Crippen molar-refractivity contribution >= 4 is 22.9 Å². The summed E-state index contributed by atoms with van der Waals surface area (Å²) in [6.07, 6.45) is -0.860. The fourth-order valence-corrected chi connectivity index (χ4v) is 3.18. The van der Waals surface area contributed by atoms with Crippen LogP contribution in [-0.2, 0) is 20.7 Å². The van der Waals surface area contributed by atoms with E-state index in [0.29, 0.717) is 29.0 Å². The Morgan fingerprint density at radius 3 is 2.52 bits per heavy atom. The molecule has 1 amide bonds. The predicted octanol–water partition coefficient (Wildman–Crippen LogP) is 2.39. The molecule has 8 heteroatoms. The number of hydrogen-bond donors (Lipinski definition) is 1. The maximum atomic E-state index is 13.2. The van der Waals surface area contributed by atoms with Gasteiger partial charge in [-0.25, -0.2) is 4.98 Å². The van der Waals surface area contributed by atoms with E-state index in [1.807, 2.05) is 24.3 Å². The number of para-hydroxylation sites is 2. The monoisotopic (exact) mass is 423 g/mol. The molecule has 0 aliphatic carbocycles. The van der Waals surface area contributed by atoms with E-state index >= 15 is 0 Å². The summed E-state index contributed by atoms with van der Waals surface area (Å²) in [7, 11) is 1.58. The fraction of sp³-hybridized carbons (Fsp3) is 0.304. The van der Waals surface area contributed by atoms with Crippen LogP contribution in [-0.4, -0.2) is 41.2 Å². The van der Waals surface area contributed by atoms with E-state index in [1.165, 1.54) is 6.92 Å². The Kier molecular flexibility index (Phi) is 7.02. The van der Waals surface area contributed by atoms with Crippen LogP contribution in [0.1, 0.15) is 26.0 Å². The van der Waals surface area contributed by atoms with Crippen molar-refractivity contribution in [3.8, 4) is 11.4 Å². The van der Waals surface area contributed by atoms with Crippen LogP contribution in [0.15, 0.2) is 53.3 Å². The van der Waals surface area contributed by atoms with Gasteiger partial charge in [0.15, 0.2) is 6.10 Å². The number of nitrogens with one attached hydrogen (secondary N) is 1. The van der Waals surface area contributed by atoms with E-state index in [9.17, 15) is 14.4 Å². The average Bonchev–Trinajstić information content (AvgIpc) is 2.78. The first-order chi connectivity index (χ1) is 14.9. The van der Waals surface area contributed by atoms with E-state index in [1.54, 1.807) is 42.9 Å². The van der Waals surface area contributed by atoms with Crippen LogP contribution in [0.2, 0.25) is 0 Å². The topological polar surface area (TPSA) is 99.5 Å². The minimum absolute atomic E-state index is 0.0626. The second kappa shape index (κ2) is 9.88. The van der Waals surface area contributed by atoms with Crippen LogP contribution in [0.25, 0.3) is 16.7 Å². The maximum absolute atomic E-state index is 13.2. The van der Waals surface area contributed by atoms with Crippen molar-refractivity contribution in [1.29, 1.82) is 0 Å². The summed E-state index contributed by atoms with van der Waals surface area (Å²) in [5.74, 6) is -0.245. The first kappa shape index (κ1) is 22.0. The number of carbonyl (C=O) groups excluding carboxylic acids is 2. The number of aryl methyl sites for hydroxylation is 1. The third-order valence-corrected chi connectivity index (χ3v) is 4.75. The van der Waals surface area contributed by atoms with Gasteiger partial charge in [-0.2, -0.15) is 0 Å². The lowest BCUT2D eigenvalue weighted by molar-refractivity contribution is -0.154. The highest BCUT2D eigenvalue weighted by atomic mass is 16.5. The number of ether oxygens (including phenoxy) is 2. The first-order valence-corrected chi connectivity index (χ1v) is 10.1. The predicted molar refractivity (Wildman–Crippen MR) is 116 cm³/mol. The van der Waals surface area contributed by atoms with Crippen LogP contribution >= 0.6 is 0 Å². The SMILES string of the molecule is CCNC(=O)[C@H](C)OC(=O)CCc1nc2ccccc2n(-c2ccc(OC)cc2)c1=O. The first-order valence-electron chi connectivity index (χ1n) is 10.1. The number of methoxy groups -OCH3 is 1. The Morgan fingerprint density at radius 2 is 1.84 bits per heavy atom. The lowest BCUT2D eigenvalue weighted by atomic mass is 10.2. The molecule has 162 valence electrons. The standard InChI is InChI=1S/C23H25N3O5/c1-4-24-22(28)15(2)31-21(27)14-13-19-23(29)26(16-9-11-17(30-3)12-10-16)20-8-6-5-7-18(20)25-19/h5-12,15H,4,13-14H2,1-3H3,(H,24,28)/t15-/m0/s1. The zero-order chi connectivity index (χ0) is 22.4. The second-order valence-corrected chi connectivity index (χ2v) is 6.91. The molecule has 2 aromatic carbocycles. The maximum Gasteiger partial charge on any atom is 0.306 e. The van der Waals surface area contributed by atoms with Crippen molar-refractivity contribution in [2.45, 2.75) is 32.8 Å². The minimum Gasteiger partial charge on any atom is -0.497 e. The fourth-order valence-electron chi connectivity index (χ4n) is 3.18. The molecule has 1 atom stereocenters. The molecule has 0 saturated carbocycles. The molecule has 0 aliphatic rings. The van der Waals surface area contributed by atoms with Crippen molar-refractivity contribution in [3.63, 3.8) is 0 Å². The zero-order valence-corrected chi connectivity index (χ0v) is 17.8. The number of rotatable bonds is 8. The molecular weight excluding hydrogens is 398 g/mol. The molecule has 0 saturated heterocycles. The minimum atomic E-state index is -0.895. The molecule has 3 rings (SSSR count). The Labute approximate surface area is 179 Å². The molecule has 8 nitrogen and oxygen atoms in total. The van der Waals surface area contributed by atoms with Crippen LogP contribution < -0.4 is 15.6 Å². The van der Waals surface area contributed by atoms with Gasteiger partial charge in [0.05, 0.1) is 24.6 Å². The van der Waals surface area contributed by atoms with E-state index in [2.05, 4.69) is 10.3 Å².